The lowest BCUT2D eigenvalue weighted by Gasteiger charge is -2.18. The van der Waals surface area contributed by atoms with Crippen molar-refractivity contribution in [1.29, 1.82) is 0 Å². The number of hydrogen-bond acceptors (Lipinski definition) is 2. The van der Waals surface area contributed by atoms with E-state index in [1.807, 2.05) is 48.5 Å². The van der Waals surface area contributed by atoms with Gasteiger partial charge in [-0.05, 0) is 36.5 Å². The number of rotatable bonds is 4. The van der Waals surface area contributed by atoms with Crippen molar-refractivity contribution in [2.24, 2.45) is 5.92 Å². The Morgan fingerprint density at radius 3 is 2.48 bits per heavy atom. The molecular formula is C20H18N2O. The van der Waals surface area contributed by atoms with Crippen molar-refractivity contribution in [3.05, 3.63) is 78.0 Å². The zero-order chi connectivity index (χ0) is 15.6. The predicted octanol–water partition coefficient (Wildman–Crippen LogP) is 4.12. The Morgan fingerprint density at radius 2 is 1.70 bits per heavy atom. The number of carbonyl (C=O) groups excluding carboxylic acids is 1. The van der Waals surface area contributed by atoms with Gasteiger partial charge in [-0.25, -0.2) is 4.98 Å². The highest BCUT2D eigenvalue weighted by Crippen LogP contribution is 2.41. The number of hydrogen-bond donors (Lipinski definition) is 1. The third-order valence-corrected chi connectivity index (χ3v) is 4.37. The summed E-state index contributed by atoms with van der Waals surface area (Å²) in [5.41, 5.74) is 2.50. The number of nitrogens with one attached hydrogen (secondary N) is 1. The topological polar surface area (TPSA) is 42.0 Å². The first-order valence-electron chi connectivity index (χ1n) is 8.03. The highest BCUT2D eigenvalue weighted by atomic mass is 16.1. The third-order valence-electron chi connectivity index (χ3n) is 4.37. The molecule has 0 radical (unpaired) electrons. The van der Waals surface area contributed by atoms with Crippen molar-refractivity contribution >= 4 is 16.8 Å². The minimum absolute atomic E-state index is 0.0805. The zero-order valence-corrected chi connectivity index (χ0v) is 12.8. The molecule has 1 saturated carbocycles. The standard InChI is InChI=1S/C20H18N2O/c23-20(18-13-12-14-6-4-5-9-17(14)21-18)22-19(16-10-11-16)15-7-2-1-3-8-15/h1-9,12-13,16,19H,10-11H2,(H,22,23)/t19-/m0/s1. The minimum atomic E-state index is -0.100. The van der Waals surface area contributed by atoms with Gasteiger partial charge in [-0.1, -0.05) is 54.6 Å². The van der Waals surface area contributed by atoms with E-state index in [4.69, 9.17) is 0 Å². The number of para-hydroxylation sites is 1. The average Bonchev–Trinajstić information content (AvgIpc) is 3.44. The number of nitrogens with zero attached hydrogens (tertiary/aromatic N) is 1. The second-order valence-corrected chi connectivity index (χ2v) is 6.09. The molecule has 114 valence electrons. The number of fused-ring (bicyclic) bond motifs is 1. The number of pyridine rings is 1. The van der Waals surface area contributed by atoms with Gasteiger partial charge in [0.2, 0.25) is 0 Å². The van der Waals surface area contributed by atoms with Crippen molar-refractivity contribution in [2.75, 3.05) is 0 Å². The molecule has 23 heavy (non-hydrogen) atoms. The van der Waals surface area contributed by atoms with E-state index >= 15 is 0 Å². The molecular weight excluding hydrogens is 284 g/mol. The van der Waals surface area contributed by atoms with Gasteiger partial charge in [0.1, 0.15) is 5.69 Å². The molecule has 1 aliphatic rings. The lowest BCUT2D eigenvalue weighted by molar-refractivity contribution is 0.0927. The molecule has 1 heterocycles. The Labute approximate surface area is 135 Å². The Kier molecular flexibility index (Phi) is 3.54. The van der Waals surface area contributed by atoms with E-state index in [2.05, 4.69) is 22.4 Å². The van der Waals surface area contributed by atoms with E-state index in [9.17, 15) is 4.79 Å². The van der Waals surface area contributed by atoms with Gasteiger partial charge in [0.15, 0.2) is 0 Å². The van der Waals surface area contributed by atoms with Crippen LogP contribution in [0.2, 0.25) is 0 Å². The van der Waals surface area contributed by atoms with Crippen LogP contribution in [0.15, 0.2) is 66.7 Å². The first-order chi connectivity index (χ1) is 11.3. The first-order valence-corrected chi connectivity index (χ1v) is 8.03. The number of benzene rings is 2. The van der Waals surface area contributed by atoms with Crippen LogP contribution in [0.25, 0.3) is 10.9 Å². The molecule has 1 aliphatic carbocycles. The Morgan fingerprint density at radius 1 is 0.957 bits per heavy atom. The maximum atomic E-state index is 12.6. The monoisotopic (exact) mass is 302 g/mol. The quantitative estimate of drug-likeness (QED) is 0.788. The van der Waals surface area contributed by atoms with Crippen LogP contribution >= 0.6 is 0 Å². The normalized spacial score (nSPS) is 15.3. The summed E-state index contributed by atoms with van der Waals surface area (Å²) in [6, 6.07) is 21.9. The smallest absolute Gasteiger partial charge is 0.270 e. The largest absolute Gasteiger partial charge is 0.344 e. The summed E-state index contributed by atoms with van der Waals surface area (Å²) in [6.45, 7) is 0. The molecule has 4 rings (SSSR count). The van der Waals surface area contributed by atoms with Crippen LogP contribution in [0.3, 0.4) is 0 Å². The summed E-state index contributed by atoms with van der Waals surface area (Å²) in [5.74, 6) is 0.443. The van der Waals surface area contributed by atoms with E-state index in [-0.39, 0.29) is 11.9 Å². The summed E-state index contributed by atoms with van der Waals surface area (Å²) in [7, 11) is 0. The molecule has 0 saturated heterocycles. The SMILES string of the molecule is O=C(N[C@@H](c1ccccc1)C1CC1)c1ccc2ccccc2n1. The van der Waals surface area contributed by atoms with Crippen LogP contribution in [-0.4, -0.2) is 10.9 Å². The number of aromatic nitrogens is 1. The first kappa shape index (κ1) is 13.9. The maximum absolute atomic E-state index is 12.6. The molecule has 0 unspecified atom stereocenters. The lowest BCUT2D eigenvalue weighted by Crippen LogP contribution is -2.30. The summed E-state index contributed by atoms with van der Waals surface area (Å²) >= 11 is 0. The Balaban J connectivity index is 1.59. The van der Waals surface area contributed by atoms with Gasteiger partial charge >= 0.3 is 0 Å². The second-order valence-electron chi connectivity index (χ2n) is 6.09. The van der Waals surface area contributed by atoms with E-state index in [1.165, 1.54) is 18.4 Å². The fraction of sp³-hybridized carbons (Fsp3) is 0.200. The fourth-order valence-corrected chi connectivity index (χ4v) is 2.97. The maximum Gasteiger partial charge on any atom is 0.270 e. The molecule has 0 aliphatic heterocycles. The molecule has 1 N–H and O–H groups in total. The van der Waals surface area contributed by atoms with E-state index in [0.29, 0.717) is 11.6 Å². The number of carbonyl (C=O) groups is 1. The molecule has 0 bridgehead atoms. The zero-order valence-electron chi connectivity index (χ0n) is 12.8. The van der Waals surface area contributed by atoms with Gasteiger partial charge < -0.3 is 5.32 Å². The molecule has 1 fully saturated rings. The summed E-state index contributed by atoms with van der Waals surface area (Å²) < 4.78 is 0. The van der Waals surface area contributed by atoms with Gasteiger partial charge in [0, 0.05) is 5.39 Å². The molecule has 1 aromatic heterocycles. The Bertz CT molecular complexity index is 840. The minimum Gasteiger partial charge on any atom is -0.344 e. The molecule has 1 amide bonds. The fourth-order valence-electron chi connectivity index (χ4n) is 2.97. The summed E-state index contributed by atoms with van der Waals surface area (Å²) in [4.78, 5) is 17.1. The van der Waals surface area contributed by atoms with Crippen LogP contribution in [0.4, 0.5) is 0 Å². The van der Waals surface area contributed by atoms with Crippen molar-refractivity contribution in [2.45, 2.75) is 18.9 Å². The van der Waals surface area contributed by atoms with Gasteiger partial charge in [-0.15, -0.1) is 0 Å². The van der Waals surface area contributed by atoms with Crippen LogP contribution in [-0.2, 0) is 0 Å². The van der Waals surface area contributed by atoms with Crippen LogP contribution < -0.4 is 5.32 Å². The summed E-state index contributed by atoms with van der Waals surface area (Å²) in [6.07, 6.45) is 2.34. The molecule has 3 nitrogen and oxygen atoms in total. The van der Waals surface area contributed by atoms with Crippen LogP contribution in [0, 0.1) is 5.92 Å². The van der Waals surface area contributed by atoms with Gasteiger partial charge in [-0.3, -0.25) is 4.79 Å². The van der Waals surface area contributed by atoms with E-state index in [1.54, 1.807) is 6.07 Å². The third kappa shape index (κ3) is 2.95. The van der Waals surface area contributed by atoms with Crippen molar-refractivity contribution in [3.63, 3.8) is 0 Å². The van der Waals surface area contributed by atoms with Crippen molar-refractivity contribution in [3.8, 4) is 0 Å². The van der Waals surface area contributed by atoms with Crippen molar-refractivity contribution in [1.82, 2.24) is 10.3 Å². The average molecular weight is 302 g/mol. The molecule has 3 heteroatoms. The van der Waals surface area contributed by atoms with E-state index in [0.717, 1.165) is 10.9 Å². The highest BCUT2D eigenvalue weighted by Gasteiger charge is 2.33. The van der Waals surface area contributed by atoms with Crippen molar-refractivity contribution < 1.29 is 4.79 Å². The van der Waals surface area contributed by atoms with Gasteiger partial charge in [0.05, 0.1) is 11.6 Å². The molecule has 3 aromatic rings. The molecule has 1 atom stereocenters. The highest BCUT2D eigenvalue weighted by molar-refractivity contribution is 5.95. The van der Waals surface area contributed by atoms with Gasteiger partial charge in [0.25, 0.3) is 5.91 Å². The molecule has 0 spiro atoms. The number of amides is 1. The van der Waals surface area contributed by atoms with Crippen LogP contribution in [0.5, 0.6) is 0 Å². The summed E-state index contributed by atoms with van der Waals surface area (Å²) in [5, 5.41) is 4.22. The predicted molar refractivity (Wildman–Crippen MR) is 91.1 cm³/mol. The lowest BCUT2D eigenvalue weighted by atomic mass is 10.0. The van der Waals surface area contributed by atoms with E-state index < -0.39 is 0 Å². The Hall–Kier alpha value is -2.68. The van der Waals surface area contributed by atoms with Gasteiger partial charge in [-0.2, -0.15) is 0 Å². The second kappa shape index (κ2) is 5.84. The molecule has 2 aromatic carbocycles. The van der Waals surface area contributed by atoms with Crippen LogP contribution in [0.1, 0.15) is 34.9 Å².